The van der Waals surface area contributed by atoms with Crippen molar-refractivity contribution in [3.63, 3.8) is 0 Å². The predicted octanol–water partition coefficient (Wildman–Crippen LogP) is 10.0. The summed E-state index contributed by atoms with van der Waals surface area (Å²) in [7, 11) is 0. The molecule has 0 bridgehead atoms. The summed E-state index contributed by atoms with van der Waals surface area (Å²) in [6.45, 7) is 7.03. The molecule has 1 atom stereocenters. The maximum atomic E-state index is 12.4. The smallest absolute Gasteiger partial charge is 0.416 e. The largest absolute Gasteiger partial charge is 0.481 e. The number of likely N-dealkylation sites (N-methyl/N-ethyl adjacent to an activating group) is 1. The molecule has 0 amide bonds. The van der Waals surface area contributed by atoms with Gasteiger partial charge >= 0.3 is 12.1 Å². The zero-order chi connectivity index (χ0) is 27.1. The Morgan fingerprint density at radius 3 is 1.70 bits per heavy atom. The Morgan fingerprint density at radius 2 is 1.30 bits per heavy atom. The molecule has 1 unspecified atom stereocenters. The number of halogens is 4. The van der Waals surface area contributed by atoms with E-state index in [-0.39, 0.29) is 18.4 Å². The molecule has 2 N–H and O–H groups in total. The molecule has 0 aliphatic carbocycles. The Bertz CT molecular complexity index is 656. The molecule has 1 rings (SSSR count). The lowest BCUT2D eigenvalue weighted by molar-refractivity contribution is -0.138. The van der Waals surface area contributed by atoms with Crippen LogP contribution in [0.3, 0.4) is 0 Å². The quantitative estimate of drug-likeness (QED) is 0.158. The van der Waals surface area contributed by atoms with Crippen molar-refractivity contribution >= 4 is 18.4 Å². The molecule has 1 aromatic rings. The number of carboxylic acid groups (broad SMARTS) is 1. The highest BCUT2D eigenvalue weighted by Crippen LogP contribution is 2.29. The van der Waals surface area contributed by atoms with E-state index in [0.717, 1.165) is 25.5 Å². The van der Waals surface area contributed by atoms with Gasteiger partial charge in [0, 0.05) is 12.5 Å². The van der Waals surface area contributed by atoms with Gasteiger partial charge in [-0.2, -0.15) is 13.2 Å². The van der Waals surface area contributed by atoms with Gasteiger partial charge < -0.3 is 10.4 Å². The highest BCUT2D eigenvalue weighted by molar-refractivity contribution is 5.85. The van der Waals surface area contributed by atoms with Crippen LogP contribution >= 0.6 is 12.4 Å². The first kappa shape index (κ1) is 37.9. The minimum absolute atomic E-state index is 0. The maximum Gasteiger partial charge on any atom is 0.416 e. The number of nitrogens with one attached hydrogen (secondary N) is 1. The van der Waals surface area contributed by atoms with Gasteiger partial charge in [0.05, 0.1) is 5.56 Å². The van der Waals surface area contributed by atoms with Crippen LogP contribution in [0.1, 0.15) is 135 Å². The summed E-state index contributed by atoms with van der Waals surface area (Å²) in [6, 6.07) is 5.68. The van der Waals surface area contributed by atoms with E-state index in [4.69, 9.17) is 5.11 Å². The molecule has 0 fully saturated rings. The zero-order valence-corrected chi connectivity index (χ0v) is 24.3. The molecule has 0 heterocycles. The van der Waals surface area contributed by atoms with Crippen LogP contribution in [0.4, 0.5) is 13.2 Å². The number of hydrogen-bond acceptors (Lipinski definition) is 2. The Labute approximate surface area is 230 Å². The van der Waals surface area contributed by atoms with E-state index in [2.05, 4.69) is 12.2 Å². The summed E-state index contributed by atoms with van der Waals surface area (Å²) < 4.78 is 37.3. The van der Waals surface area contributed by atoms with Crippen molar-refractivity contribution in [2.45, 2.75) is 142 Å². The van der Waals surface area contributed by atoms with Gasteiger partial charge in [-0.1, -0.05) is 122 Å². The van der Waals surface area contributed by atoms with E-state index >= 15 is 0 Å². The molecular formula is C30H53ClF3NO2. The average Bonchev–Trinajstić information content (AvgIpc) is 2.81. The van der Waals surface area contributed by atoms with Crippen molar-refractivity contribution in [2.24, 2.45) is 0 Å². The number of rotatable bonds is 20. The van der Waals surface area contributed by atoms with Gasteiger partial charge in [-0.05, 0) is 37.9 Å². The fourth-order valence-electron chi connectivity index (χ4n) is 4.30. The third-order valence-electron chi connectivity index (χ3n) is 6.34. The summed E-state index contributed by atoms with van der Waals surface area (Å²) in [5.41, 5.74) is 0.136. The van der Waals surface area contributed by atoms with Gasteiger partial charge in [-0.15, -0.1) is 12.4 Å². The standard InChI is InChI=1S/C18H36O2.C12H16F3N.ClH/c1-2-3-4-5-6-7-8-9-10-11-12-13-14-15-16-17-18(19)20;1-3-16-9(2)7-10-5-4-6-11(8-10)12(13,14)15;/h2-17H2,1H3,(H,19,20);4-6,8-9,16H,3,7H2,1-2H3;1H. The lowest BCUT2D eigenvalue weighted by Crippen LogP contribution is -2.27. The average molecular weight is 552 g/mol. The fourth-order valence-corrected chi connectivity index (χ4v) is 4.30. The van der Waals surface area contributed by atoms with Crippen molar-refractivity contribution in [3.8, 4) is 0 Å². The highest BCUT2D eigenvalue weighted by Gasteiger charge is 2.30. The van der Waals surface area contributed by atoms with E-state index in [1.54, 1.807) is 6.07 Å². The molecule has 3 nitrogen and oxygen atoms in total. The molecule has 0 radical (unpaired) electrons. The summed E-state index contributed by atoms with van der Waals surface area (Å²) >= 11 is 0. The van der Waals surface area contributed by atoms with E-state index in [0.29, 0.717) is 18.4 Å². The van der Waals surface area contributed by atoms with Crippen molar-refractivity contribution in [1.29, 1.82) is 0 Å². The van der Waals surface area contributed by atoms with Crippen LogP contribution in [0.15, 0.2) is 24.3 Å². The third kappa shape index (κ3) is 24.8. The Kier molecular flexibility index (Phi) is 25.6. The predicted molar refractivity (Wildman–Crippen MR) is 153 cm³/mol. The van der Waals surface area contributed by atoms with Gasteiger partial charge in [-0.3, -0.25) is 4.79 Å². The minimum Gasteiger partial charge on any atom is -0.481 e. The van der Waals surface area contributed by atoms with Crippen molar-refractivity contribution in [2.75, 3.05) is 6.54 Å². The molecule has 0 aromatic heterocycles. The Balaban J connectivity index is 0. The molecule has 218 valence electrons. The van der Waals surface area contributed by atoms with Gasteiger partial charge in [-0.25, -0.2) is 0 Å². The number of hydrogen-bond donors (Lipinski definition) is 2. The maximum absolute atomic E-state index is 12.4. The first-order chi connectivity index (χ1) is 17.2. The second kappa shape index (κ2) is 25.0. The Hall–Kier alpha value is -1.27. The van der Waals surface area contributed by atoms with Crippen LogP contribution in [0.25, 0.3) is 0 Å². The first-order valence-corrected chi connectivity index (χ1v) is 14.3. The molecule has 0 saturated carbocycles. The van der Waals surface area contributed by atoms with Crippen LogP contribution in [0.5, 0.6) is 0 Å². The van der Waals surface area contributed by atoms with E-state index in [9.17, 15) is 18.0 Å². The van der Waals surface area contributed by atoms with Crippen molar-refractivity contribution in [1.82, 2.24) is 5.32 Å². The molecule has 0 saturated heterocycles. The number of carbonyl (C=O) groups is 1. The van der Waals surface area contributed by atoms with Gasteiger partial charge in [0.2, 0.25) is 0 Å². The summed E-state index contributed by atoms with van der Waals surface area (Å²) in [4.78, 5) is 10.3. The number of alkyl halides is 3. The SMILES string of the molecule is CCCCCCCCCCCCCCCCCC(=O)O.CCNC(C)Cc1cccc(C(F)(F)F)c1.Cl. The van der Waals surface area contributed by atoms with Crippen LogP contribution in [0, 0.1) is 0 Å². The lowest BCUT2D eigenvalue weighted by atomic mass is 10.0. The van der Waals surface area contributed by atoms with Crippen molar-refractivity contribution in [3.05, 3.63) is 35.4 Å². The number of benzene rings is 1. The third-order valence-corrected chi connectivity index (χ3v) is 6.34. The molecule has 37 heavy (non-hydrogen) atoms. The summed E-state index contributed by atoms with van der Waals surface area (Å²) in [6.07, 6.45) is 16.6. The molecule has 0 aliphatic rings. The van der Waals surface area contributed by atoms with E-state index in [1.807, 2.05) is 13.8 Å². The molecule has 7 heteroatoms. The normalized spacial score (nSPS) is 11.8. The van der Waals surface area contributed by atoms with Crippen LogP contribution in [-0.2, 0) is 17.4 Å². The van der Waals surface area contributed by atoms with Gasteiger partial charge in [0.15, 0.2) is 0 Å². The molecule has 0 spiro atoms. The minimum atomic E-state index is -4.25. The first-order valence-electron chi connectivity index (χ1n) is 14.3. The van der Waals surface area contributed by atoms with Gasteiger partial charge in [0.25, 0.3) is 0 Å². The van der Waals surface area contributed by atoms with Crippen LogP contribution < -0.4 is 5.32 Å². The monoisotopic (exact) mass is 551 g/mol. The van der Waals surface area contributed by atoms with Crippen molar-refractivity contribution < 1.29 is 23.1 Å². The fraction of sp³-hybridized carbons (Fsp3) is 0.767. The highest BCUT2D eigenvalue weighted by atomic mass is 35.5. The lowest BCUT2D eigenvalue weighted by Gasteiger charge is -2.13. The number of unbranched alkanes of at least 4 members (excludes halogenated alkanes) is 14. The van der Waals surface area contributed by atoms with Crippen LogP contribution in [-0.4, -0.2) is 23.7 Å². The molecule has 1 aromatic carbocycles. The summed E-state index contributed by atoms with van der Waals surface area (Å²) in [5.74, 6) is -0.653. The Morgan fingerprint density at radius 1 is 0.838 bits per heavy atom. The second-order valence-electron chi connectivity index (χ2n) is 9.95. The van der Waals surface area contributed by atoms with Gasteiger partial charge in [0.1, 0.15) is 0 Å². The topological polar surface area (TPSA) is 49.3 Å². The van der Waals surface area contributed by atoms with Crippen LogP contribution in [0.2, 0.25) is 0 Å². The summed E-state index contributed by atoms with van der Waals surface area (Å²) in [5, 5.41) is 11.7. The second-order valence-corrected chi connectivity index (χ2v) is 9.95. The molecular weight excluding hydrogens is 499 g/mol. The number of carboxylic acids is 1. The number of aliphatic carboxylic acids is 1. The molecule has 0 aliphatic heterocycles. The van der Waals surface area contributed by atoms with E-state index < -0.39 is 17.7 Å². The van der Waals surface area contributed by atoms with E-state index in [1.165, 1.54) is 95.6 Å². The zero-order valence-electron chi connectivity index (χ0n) is 23.5.